The van der Waals surface area contributed by atoms with Gasteiger partial charge in [0, 0.05) is 13.1 Å². The van der Waals surface area contributed by atoms with Crippen LogP contribution in [-0.2, 0) is 14.4 Å². The summed E-state index contributed by atoms with van der Waals surface area (Å²) in [5.74, 6) is 0.699. The van der Waals surface area contributed by atoms with Gasteiger partial charge < -0.3 is 15.4 Å². The third-order valence-corrected chi connectivity index (χ3v) is 5.18. The molecule has 144 valence electrons. The zero-order chi connectivity index (χ0) is 18.6. The normalized spacial score (nSPS) is 27.3. The fraction of sp³-hybridized carbons (Fsp3) is 0.889. The van der Waals surface area contributed by atoms with Crippen LogP contribution in [-0.4, -0.2) is 55.5 Å². The monoisotopic (exact) mass is 355 g/mol. The minimum atomic E-state index is -0.646. The first kappa shape index (κ1) is 20.0. The van der Waals surface area contributed by atoms with E-state index in [2.05, 4.69) is 10.6 Å². The van der Waals surface area contributed by atoms with Gasteiger partial charge in [0.25, 0.3) is 5.91 Å². The molecule has 2 fully saturated rings. The van der Waals surface area contributed by atoms with Crippen LogP contribution in [0.15, 0.2) is 0 Å². The Morgan fingerprint density at radius 2 is 1.96 bits per heavy atom. The number of likely N-dealkylation sites (N-methyl/N-ethyl adjacent to an activating group) is 1. The number of rotatable bonds is 5. The molecule has 2 amide bonds. The first-order valence-electron chi connectivity index (χ1n) is 9.26. The second-order valence-corrected chi connectivity index (χ2v) is 8.18. The molecule has 0 spiro atoms. The van der Waals surface area contributed by atoms with Crippen molar-refractivity contribution in [1.29, 1.82) is 0 Å². The molecule has 4 atom stereocenters. The Bertz CT molecular complexity index is 477. The number of carbonyl (C=O) groups is 2. The number of amides is 2. The van der Waals surface area contributed by atoms with Gasteiger partial charge in [0.15, 0.2) is 0 Å². The van der Waals surface area contributed by atoms with Gasteiger partial charge in [-0.25, -0.2) is 9.86 Å². The average molecular weight is 355 g/mol. The predicted molar refractivity (Wildman–Crippen MR) is 94.8 cm³/mol. The molecular formula is C18H33N3O4. The Morgan fingerprint density at radius 1 is 1.28 bits per heavy atom. The topological polar surface area (TPSA) is 79.9 Å². The molecule has 7 heteroatoms. The highest BCUT2D eigenvalue weighted by Gasteiger charge is 2.40. The van der Waals surface area contributed by atoms with Gasteiger partial charge in [-0.1, -0.05) is 12.8 Å². The van der Waals surface area contributed by atoms with Crippen molar-refractivity contribution < 1.29 is 19.2 Å². The molecule has 4 unspecified atom stereocenters. The summed E-state index contributed by atoms with van der Waals surface area (Å²) in [6.07, 6.45) is 4.94. The van der Waals surface area contributed by atoms with Crippen LogP contribution >= 0.6 is 0 Å². The fourth-order valence-corrected chi connectivity index (χ4v) is 3.97. The van der Waals surface area contributed by atoms with Crippen LogP contribution in [0.5, 0.6) is 0 Å². The average Bonchev–Trinajstić information content (AvgIpc) is 2.94. The molecule has 0 radical (unpaired) electrons. The molecule has 0 aromatic heterocycles. The van der Waals surface area contributed by atoms with E-state index >= 15 is 0 Å². The van der Waals surface area contributed by atoms with Gasteiger partial charge in [-0.15, -0.1) is 0 Å². The number of fused-ring (bicyclic) bond motifs is 1. The van der Waals surface area contributed by atoms with Gasteiger partial charge in [-0.2, -0.15) is 0 Å². The van der Waals surface area contributed by atoms with E-state index in [1.54, 1.807) is 27.8 Å². The number of hydrogen-bond donors (Lipinski definition) is 2. The summed E-state index contributed by atoms with van der Waals surface area (Å²) in [5, 5.41) is 7.51. The quantitative estimate of drug-likeness (QED) is 0.738. The van der Waals surface area contributed by atoms with E-state index in [-0.39, 0.29) is 5.91 Å². The number of nitrogens with one attached hydrogen (secondary N) is 2. The van der Waals surface area contributed by atoms with E-state index in [1.807, 2.05) is 0 Å². The standard InChI is InChI=1S/C18H33N3O4/c1-18(2,3)25-17(23)20-15(16(22)21(4)24-5)10-12-11-19-14-9-7-6-8-13(12)14/h12-15,19H,6-11H2,1-5H3,(H,20,23). The van der Waals surface area contributed by atoms with Crippen molar-refractivity contribution in [3.63, 3.8) is 0 Å². The molecule has 0 aromatic rings. The molecule has 0 bridgehead atoms. The fourth-order valence-electron chi connectivity index (χ4n) is 3.97. The summed E-state index contributed by atoms with van der Waals surface area (Å²) < 4.78 is 5.33. The lowest BCUT2D eigenvalue weighted by Gasteiger charge is -2.31. The Kier molecular flexibility index (Phi) is 6.68. The van der Waals surface area contributed by atoms with E-state index in [0.717, 1.165) is 6.54 Å². The van der Waals surface area contributed by atoms with Crippen molar-refractivity contribution in [1.82, 2.24) is 15.7 Å². The summed E-state index contributed by atoms with van der Waals surface area (Å²) in [7, 11) is 3.00. The van der Waals surface area contributed by atoms with Gasteiger partial charge >= 0.3 is 6.09 Å². The van der Waals surface area contributed by atoms with Crippen molar-refractivity contribution in [2.24, 2.45) is 11.8 Å². The summed E-state index contributed by atoms with van der Waals surface area (Å²) >= 11 is 0. The number of nitrogens with zero attached hydrogens (tertiary/aromatic N) is 1. The van der Waals surface area contributed by atoms with Crippen molar-refractivity contribution in [2.45, 2.75) is 70.6 Å². The van der Waals surface area contributed by atoms with E-state index in [1.165, 1.54) is 37.9 Å². The molecule has 7 nitrogen and oxygen atoms in total. The molecule has 1 aliphatic carbocycles. The molecule has 25 heavy (non-hydrogen) atoms. The molecule has 1 saturated carbocycles. The van der Waals surface area contributed by atoms with Crippen LogP contribution in [0.25, 0.3) is 0 Å². The number of hydroxylamine groups is 2. The highest BCUT2D eigenvalue weighted by Crippen LogP contribution is 2.36. The van der Waals surface area contributed by atoms with Crippen molar-refractivity contribution in [2.75, 3.05) is 20.7 Å². The maximum absolute atomic E-state index is 12.6. The Hall–Kier alpha value is -1.34. The van der Waals surface area contributed by atoms with E-state index in [9.17, 15) is 9.59 Å². The Labute approximate surface area is 150 Å². The third-order valence-electron chi connectivity index (χ3n) is 5.18. The van der Waals surface area contributed by atoms with Crippen LogP contribution in [0.1, 0.15) is 52.9 Å². The molecule has 1 saturated heterocycles. The maximum atomic E-state index is 12.6. The first-order chi connectivity index (χ1) is 11.7. The van der Waals surface area contributed by atoms with Crippen LogP contribution in [0.4, 0.5) is 4.79 Å². The lowest BCUT2D eigenvalue weighted by atomic mass is 9.77. The Morgan fingerprint density at radius 3 is 2.60 bits per heavy atom. The summed E-state index contributed by atoms with van der Waals surface area (Å²) in [4.78, 5) is 29.8. The summed E-state index contributed by atoms with van der Waals surface area (Å²) in [6.45, 7) is 6.31. The summed E-state index contributed by atoms with van der Waals surface area (Å²) in [5.41, 5.74) is -0.603. The van der Waals surface area contributed by atoms with Gasteiger partial charge in [-0.05, 0) is 58.4 Å². The van der Waals surface area contributed by atoms with Crippen LogP contribution in [0.3, 0.4) is 0 Å². The lowest BCUT2D eigenvalue weighted by Crippen LogP contribution is -2.49. The molecule has 0 aromatic carbocycles. The lowest BCUT2D eigenvalue weighted by molar-refractivity contribution is -0.171. The van der Waals surface area contributed by atoms with Crippen LogP contribution in [0.2, 0.25) is 0 Å². The second-order valence-electron chi connectivity index (χ2n) is 8.18. The van der Waals surface area contributed by atoms with Crippen molar-refractivity contribution in [3.8, 4) is 0 Å². The number of hydrogen-bond acceptors (Lipinski definition) is 5. The van der Waals surface area contributed by atoms with E-state index < -0.39 is 17.7 Å². The third kappa shape index (κ3) is 5.57. The molecule has 2 N–H and O–H groups in total. The van der Waals surface area contributed by atoms with Crippen molar-refractivity contribution in [3.05, 3.63) is 0 Å². The second kappa shape index (κ2) is 8.36. The van der Waals surface area contributed by atoms with Crippen LogP contribution < -0.4 is 10.6 Å². The van der Waals surface area contributed by atoms with Gasteiger partial charge in [0.1, 0.15) is 11.6 Å². The number of alkyl carbamates (subject to hydrolysis) is 1. The Balaban J connectivity index is 2.03. The van der Waals surface area contributed by atoms with E-state index in [0.29, 0.717) is 24.3 Å². The number of carbonyl (C=O) groups excluding carboxylic acids is 2. The molecular weight excluding hydrogens is 322 g/mol. The smallest absolute Gasteiger partial charge is 0.408 e. The minimum Gasteiger partial charge on any atom is -0.444 e. The first-order valence-corrected chi connectivity index (χ1v) is 9.26. The maximum Gasteiger partial charge on any atom is 0.408 e. The highest BCUT2D eigenvalue weighted by atomic mass is 16.7. The molecule has 2 rings (SSSR count). The predicted octanol–water partition coefficient (Wildman–Crippen LogP) is 2.07. The zero-order valence-electron chi connectivity index (χ0n) is 16.1. The minimum absolute atomic E-state index is 0.257. The molecule has 1 heterocycles. The zero-order valence-corrected chi connectivity index (χ0v) is 16.1. The molecule has 2 aliphatic rings. The number of ether oxygens (including phenoxy) is 1. The molecule has 1 aliphatic heterocycles. The largest absolute Gasteiger partial charge is 0.444 e. The van der Waals surface area contributed by atoms with Crippen molar-refractivity contribution >= 4 is 12.0 Å². The van der Waals surface area contributed by atoms with Gasteiger partial charge in [-0.3, -0.25) is 9.63 Å². The van der Waals surface area contributed by atoms with E-state index in [4.69, 9.17) is 9.57 Å². The van der Waals surface area contributed by atoms with Crippen LogP contribution in [0, 0.1) is 11.8 Å². The van der Waals surface area contributed by atoms with Gasteiger partial charge in [0.05, 0.1) is 7.11 Å². The summed E-state index contributed by atoms with van der Waals surface area (Å²) in [6, 6.07) is -0.0940. The van der Waals surface area contributed by atoms with Gasteiger partial charge in [0.2, 0.25) is 0 Å². The highest BCUT2D eigenvalue weighted by molar-refractivity contribution is 5.84. The SMILES string of the molecule is CON(C)C(=O)C(CC1CNC2CCCCC12)NC(=O)OC(C)(C)C.